The molecule has 0 fully saturated rings. The van der Waals surface area contributed by atoms with Crippen molar-refractivity contribution in [1.29, 1.82) is 0 Å². The normalized spacial score (nSPS) is 12.8. The largest absolute Gasteiger partial charge is 0.490 e. The number of rotatable bonds is 9. The monoisotopic (exact) mass is 321 g/mol. The van der Waals surface area contributed by atoms with Crippen molar-refractivity contribution in [1.82, 2.24) is 10.6 Å². The molecule has 1 unspecified atom stereocenters. The molecule has 0 bridgehead atoms. The summed E-state index contributed by atoms with van der Waals surface area (Å²) >= 11 is 0. The predicted octanol–water partition coefficient (Wildman–Crippen LogP) is 2.87. The number of nitrogens with one attached hydrogen (secondary N) is 2. The minimum absolute atomic E-state index is 0.208. The first-order valence-electron chi connectivity index (χ1n) is 8.39. The highest BCUT2D eigenvalue weighted by Crippen LogP contribution is 2.22. The van der Waals surface area contributed by atoms with Crippen LogP contribution in [-0.2, 0) is 11.3 Å². The Bertz CT molecular complexity index is 489. The van der Waals surface area contributed by atoms with Crippen LogP contribution in [0.15, 0.2) is 23.2 Å². The smallest absolute Gasteiger partial charge is 0.191 e. The molecule has 1 rings (SSSR count). The van der Waals surface area contributed by atoms with E-state index in [2.05, 4.69) is 54.6 Å². The molecule has 0 aliphatic rings. The number of nitrogens with zero attached hydrogens (tertiary/aromatic N) is 1. The van der Waals surface area contributed by atoms with Crippen LogP contribution in [0.4, 0.5) is 0 Å². The number of guanidine groups is 1. The second-order valence-corrected chi connectivity index (χ2v) is 5.50. The molecule has 0 radical (unpaired) electrons. The van der Waals surface area contributed by atoms with E-state index in [0.717, 1.165) is 36.8 Å². The lowest BCUT2D eigenvalue weighted by molar-refractivity contribution is 0.152. The van der Waals surface area contributed by atoms with Gasteiger partial charge in [0.05, 0.1) is 12.7 Å². The van der Waals surface area contributed by atoms with E-state index in [1.807, 2.05) is 6.92 Å². The molecular weight excluding hydrogens is 290 g/mol. The molecule has 5 nitrogen and oxygen atoms in total. The zero-order valence-electron chi connectivity index (χ0n) is 15.1. The van der Waals surface area contributed by atoms with Gasteiger partial charge in [0.25, 0.3) is 0 Å². The van der Waals surface area contributed by atoms with Gasteiger partial charge in [-0.3, -0.25) is 4.99 Å². The molecule has 0 saturated heterocycles. The molecule has 0 aromatic heterocycles. The zero-order chi connectivity index (χ0) is 17.1. The standard InChI is InChI=1S/C18H31N3O2/c1-6-15(4)23-17-12-14(3)8-9-16(17)13-21-18(19-5)20-10-11-22-7-2/h8-9,12,15H,6-7,10-11,13H2,1-5H3,(H2,19,20,21). The van der Waals surface area contributed by atoms with Gasteiger partial charge < -0.3 is 20.1 Å². The minimum atomic E-state index is 0.208. The molecule has 0 aliphatic carbocycles. The van der Waals surface area contributed by atoms with E-state index in [-0.39, 0.29) is 6.10 Å². The molecule has 1 atom stereocenters. The van der Waals surface area contributed by atoms with Crippen LogP contribution in [-0.4, -0.2) is 38.9 Å². The lowest BCUT2D eigenvalue weighted by atomic mass is 10.1. The van der Waals surface area contributed by atoms with Crippen LogP contribution in [0.2, 0.25) is 0 Å². The molecule has 2 N–H and O–H groups in total. The quantitative estimate of drug-likeness (QED) is 0.417. The van der Waals surface area contributed by atoms with E-state index < -0.39 is 0 Å². The van der Waals surface area contributed by atoms with Crippen LogP contribution in [0.3, 0.4) is 0 Å². The summed E-state index contributed by atoms with van der Waals surface area (Å²) in [6.45, 7) is 11.1. The number of hydrogen-bond acceptors (Lipinski definition) is 3. The Morgan fingerprint density at radius 2 is 2.04 bits per heavy atom. The number of ether oxygens (including phenoxy) is 2. The minimum Gasteiger partial charge on any atom is -0.490 e. The van der Waals surface area contributed by atoms with Crippen LogP contribution in [0.5, 0.6) is 5.75 Å². The van der Waals surface area contributed by atoms with Gasteiger partial charge in [-0.1, -0.05) is 19.1 Å². The average molecular weight is 321 g/mol. The van der Waals surface area contributed by atoms with Crippen LogP contribution in [0, 0.1) is 6.92 Å². The van der Waals surface area contributed by atoms with Gasteiger partial charge in [-0.2, -0.15) is 0 Å². The first-order valence-corrected chi connectivity index (χ1v) is 8.39. The Labute approximate surface area is 140 Å². The van der Waals surface area contributed by atoms with E-state index in [4.69, 9.17) is 9.47 Å². The van der Waals surface area contributed by atoms with E-state index in [0.29, 0.717) is 13.2 Å². The third kappa shape index (κ3) is 7.37. The van der Waals surface area contributed by atoms with Crippen molar-refractivity contribution in [3.05, 3.63) is 29.3 Å². The van der Waals surface area contributed by atoms with Gasteiger partial charge in [-0.05, 0) is 38.8 Å². The number of aliphatic imine (C=N–C) groups is 1. The third-order valence-electron chi connectivity index (χ3n) is 3.54. The second kappa shape index (κ2) is 10.9. The van der Waals surface area contributed by atoms with Gasteiger partial charge in [0.2, 0.25) is 0 Å². The van der Waals surface area contributed by atoms with E-state index >= 15 is 0 Å². The molecule has 0 saturated carbocycles. The Kier molecular flexibility index (Phi) is 9.14. The summed E-state index contributed by atoms with van der Waals surface area (Å²) in [6.07, 6.45) is 1.20. The summed E-state index contributed by atoms with van der Waals surface area (Å²) in [5, 5.41) is 6.55. The maximum absolute atomic E-state index is 6.03. The van der Waals surface area contributed by atoms with E-state index in [9.17, 15) is 0 Å². The fraction of sp³-hybridized carbons (Fsp3) is 0.611. The summed E-state index contributed by atoms with van der Waals surface area (Å²) in [7, 11) is 1.77. The highest BCUT2D eigenvalue weighted by molar-refractivity contribution is 5.79. The number of aryl methyl sites for hydroxylation is 1. The summed E-state index contributed by atoms with van der Waals surface area (Å²) in [4.78, 5) is 4.22. The summed E-state index contributed by atoms with van der Waals surface area (Å²) < 4.78 is 11.3. The molecular formula is C18H31N3O2. The van der Waals surface area contributed by atoms with Crippen molar-refractivity contribution in [2.24, 2.45) is 4.99 Å². The first kappa shape index (κ1) is 19.3. The van der Waals surface area contributed by atoms with Gasteiger partial charge in [0.1, 0.15) is 5.75 Å². The van der Waals surface area contributed by atoms with Crippen molar-refractivity contribution in [3.8, 4) is 5.75 Å². The summed E-state index contributed by atoms with van der Waals surface area (Å²) in [5.74, 6) is 1.70. The number of benzene rings is 1. The maximum Gasteiger partial charge on any atom is 0.191 e. The molecule has 0 spiro atoms. The molecule has 23 heavy (non-hydrogen) atoms. The molecule has 0 amide bonds. The Hall–Kier alpha value is -1.75. The lowest BCUT2D eigenvalue weighted by Gasteiger charge is -2.18. The van der Waals surface area contributed by atoms with Gasteiger partial charge in [0.15, 0.2) is 5.96 Å². The van der Waals surface area contributed by atoms with Crippen LogP contribution >= 0.6 is 0 Å². The van der Waals surface area contributed by atoms with E-state index in [1.165, 1.54) is 5.56 Å². The van der Waals surface area contributed by atoms with Gasteiger partial charge in [-0.25, -0.2) is 0 Å². The topological polar surface area (TPSA) is 54.9 Å². The predicted molar refractivity (Wildman–Crippen MR) is 96.3 cm³/mol. The molecule has 0 aliphatic heterocycles. The zero-order valence-corrected chi connectivity index (χ0v) is 15.1. The number of hydrogen-bond donors (Lipinski definition) is 2. The average Bonchev–Trinajstić information content (AvgIpc) is 2.55. The van der Waals surface area contributed by atoms with Crippen molar-refractivity contribution in [2.75, 3.05) is 26.8 Å². The van der Waals surface area contributed by atoms with Crippen LogP contribution < -0.4 is 15.4 Å². The Balaban J connectivity index is 2.61. The third-order valence-corrected chi connectivity index (χ3v) is 3.54. The molecule has 1 aromatic rings. The molecule has 130 valence electrons. The van der Waals surface area contributed by atoms with Gasteiger partial charge in [-0.15, -0.1) is 0 Å². The SMILES string of the molecule is CCOCCNC(=NC)NCc1ccc(C)cc1OC(C)CC. The van der Waals surface area contributed by atoms with Gasteiger partial charge >= 0.3 is 0 Å². The summed E-state index contributed by atoms with van der Waals surface area (Å²) in [5.41, 5.74) is 2.33. The van der Waals surface area contributed by atoms with Crippen molar-refractivity contribution in [3.63, 3.8) is 0 Å². The fourth-order valence-electron chi connectivity index (χ4n) is 2.00. The highest BCUT2D eigenvalue weighted by atomic mass is 16.5. The van der Waals surface area contributed by atoms with Crippen molar-refractivity contribution >= 4 is 5.96 Å². The van der Waals surface area contributed by atoms with Crippen molar-refractivity contribution in [2.45, 2.75) is 46.8 Å². The Morgan fingerprint density at radius 3 is 2.70 bits per heavy atom. The Morgan fingerprint density at radius 1 is 1.26 bits per heavy atom. The van der Waals surface area contributed by atoms with E-state index in [1.54, 1.807) is 7.05 Å². The summed E-state index contributed by atoms with van der Waals surface area (Å²) in [6, 6.07) is 6.30. The molecule has 0 heterocycles. The fourth-order valence-corrected chi connectivity index (χ4v) is 2.00. The molecule has 1 aromatic carbocycles. The highest BCUT2D eigenvalue weighted by Gasteiger charge is 2.08. The lowest BCUT2D eigenvalue weighted by Crippen LogP contribution is -2.38. The second-order valence-electron chi connectivity index (χ2n) is 5.50. The van der Waals surface area contributed by atoms with Gasteiger partial charge in [0, 0.05) is 32.3 Å². The van der Waals surface area contributed by atoms with Crippen LogP contribution in [0.1, 0.15) is 38.3 Å². The van der Waals surface area contributed by atoms with Crippen LogP contribution in [0.25, 0.3) is 0 Å². The first-order chi connectivity index (χ1) is 11.1. The molecule has 5 heteroatoms. The van der Waals surface area contributed by atoms with Crippen molar-refractivity contribution < 1.29 is 9.47 Å². The maximum atomic E-state index is 6.03.